The minimum absolute atomic E-state index is 0.102. The average Bonchev–Trinajstić information content (AvgIpc) is 3.14. The number of ether oxygens (including phenoxy) is 1. The van der Waals surface area contributed by atoms with Gasteiger partial charge in [-0.2, -0.15) is 13.2 Å². The summed E-state index contributed by atoms with van der Waals surface area (Å²) in [6.07, 6.45) is -3.49. The molecule has 1 unspecified atom stereocenters. The first-order chi connectivity index (χ1) is 12.9. The van der Waals surface area contributed by atoms with E-state index in [0.717, 1.165) is 0 Å². The maximum Gasteiger partial charge on any atom is 0.470 e. The van der Waals surface area contributed by atoms with Crippen LogP contribution >= 0.6 is 0 Å². The van der Waals surface area contributed by atoms with Gasteiger partial charge in [-0.3, -0.25) is 0 Å². The van der Waals surface area contributed by atoms with Crippen molar-refractivity contribution in [1.29, 1.82) is 0 Å². The second-order valence-electron chi connectivity index (χ2n) is 6.09. The van der Waals surface area contributed by atoms with Crippen molar-refractivity contribution in [3.8, 4) is 5.75 Å². The van der Waals surface area contributed by atoms with E-state index in [1.165, 1.54) is 4.90 Å². The van der Waals surface area contributed by atoms with Crippen molar-refractivity contribution >= 4 is 11.7 Å². The molecular formula is C17H19F3N4O3. The van der Waals surface area contributed by atoms with Gasteiger partial charge in [0.1, 0.15) is 5.75 Å². The Kier molecular flexibility index (Phi) is 5.52. The monoisotopic (exact) mass is 384 g/mol. The molecule has 2 heterocycles. The summed E-state index contributed by atoms with van der Waals surface area (Å²) < 4.78 is 48.1. The largest absolute Gasteiger partial charge is 0.492 e. The number of aromatic nitrogens is 2. The smallest absolute Gasteiger partial charge is 0.470 e. The number of para-hydroxylation sites is 2. The molecule has 1 atom stereocenters. The predicted octanol–water partition coefficient (Wildman–Crippen LogP) is 3.90. The Hall–Kier alpha value is -2.78. The topological polar surface area (TPSA) is 80.5 Å². The fourth-order valence-electron chi connectivity index (χ4n) is 2.92. The molecule has 0 spiro atoms. The van der Waals surface area contributed by atoms with Crippen molar-refractivity contribution in [2.75, 3.05) is 25.0 Å². The number of rotatable bonds is 4. The number of carbonyl (C=O) groups is 1. The molecule has 2 amide bonds. The van der Waals surface area contributed by atoms with Crippen LogP contribution in [0.2, 0.25) is 0 Å². The van der Waals surface area contributed by atoms with Gasteiger partial charge in [0.25, 0.3) is 0 Å². The number of piperidine rings is 1. The van der Waals surface area contributed by atoms with Gasteiger partial charge in [0.2, 0.25) is 5.89 Å². The molecule has 7 nitrogen and oxygen atoms in total. The standard InChI is InChI=1S/C17H19F3N4O3/c1-2-26-13-8-4-3-7-12(13)21-16(25)24-9-5-6-11(10-24)14-22-23-15(27-14)17(18,19)20/h3-4,7-8,11H,2,5-6,9-10H2,1H3,(H,21,25). The van der Waals surface area contributed by atoms with Crippen molar-refractivity contribution < 1.29 is 27.1 Å². The van der Waals surface area contributed by atoms with Crippen LogP contribution in [0.4, 0.5) is 23.7 Å². The lowest BCUT2D eigenvalue weighted by Crippen LogP contribution is -2.41. The van der Waals surface area contributed by atoms with Crippen LogP contribution in [0.5, 0.6) is 5.75 Å². The molecule has 1 aromatic heterocycles. The van der Waals surface area contributed by atoms with Gasteiger partial charge >= 0.3 is 18.1 Å². The summed E-state index contributed by atoms with van der Waals surface area (Å²) in [5, 5.41) is 9.34. The number of nitrogens with zero attached hydrogens (tertiary/aromatic N) is 3. The van der Waals surface area contributed by atoms with Crippen LogP contribution in [0, 0.1) is 0 Å². The predicted molar refractivity (Wildman–Crippen MR) is 89.5 cm³/mol. The van der Waals surface area contributed by atoms with E-state index in [0.29, 0.717) is 37.4 Å². The molecule has 1 aliphatic heterocycles. The minimum Gasteiger partial charge on any atom is -0.492 e. The molecule has 1 N–H and O–H groups in total. The second-order valence-corrected chi connectivity index (χ2v) is 6.09. The number of likely N-dealkylation sites (tertiary alicyclic amines) is 1. The second kappa shape index (κ2) is 7.85. The Morgan fingerprint density at radius 2 is 2.15 bits per heavy atom. The third-order valence-corrected chi connectivity index (χ3v) is 4.17. The third kappa shape index (κ3) is 4.50. The molecular weight excluding hydrogens is 365 g/mol. The van der Waals surface area contributed by atoms with Crippen LogP contribution in [0.25, 0.3) is 0 Å². The van der Waals surface area contributed by atoms with E-state index >= 15 is 0 Å². The quantitative estimate of drug-likeness (QED) is 0.865. The van der Waals surface area contributed by atoms with E-state index in [-0.39, 0.29) is 18.5 Å². The summed E-state index contributed by atoms with van der Waals surface area (Å²) in [4.78, 5) is 14.1. The number of halogens is 3. The molecule has 0 bridgehead atoms. The average molecular weight is 384 g/mol. The molecule has 1 fully saturated rings. The van der Waals surface area contributed by atoms with Gasteiger partial charge < -0.3 is 19.4 Å². The van der Waals surface area contributed by atoms with Crippen LogP contribution < -0.4 is 10.1 Å². The highest BCUT2D eigenvalue weighted by molar-refractivity contribution is 5.91. The number of nitrogens with one attached hydrogen (secondary N) is 1. The Labute approximate surface area is 153 Å². The zero-order valence-corrected chi connectivity index (χ0v) is 14.6. The summed E-state index contributed by atoms with van der Waals surface area (Å²) in [5.74, 6) is -1.36. The van der Waals surface area contributed by atoms with Crippen molar-refractivity contribution in [3.05, 3.63) is 36.0 Å². The summed E-state index contributed by atoms with van der Waals surface area (Å²) in [6.45, 7) is 2.98. The van der Waals surface area contributed by atoms with E-state index in [2.05, 4.69) is 15.5 Å². The Balaban J connectivity index is 1.67. The lowest BCUT2D eigenvalue weighted by Gasteiger charge is -2.31. The first-order valence-corrected chi connectivity index (χ1v) is 8.57. The molecule has 3 rings (SSSR count). The molecule has 1 aromatic carbocycles. The normalized spacial score (nSPS) is 17.6. The molecule has 0 aliphatic carbocycles. The zero-order chi connectivity index (χ0) is 19.4. The molecule has 0 saturated carbocycles. The van der Waals surface area contributed by atoms with Crippen LogP contribution in [-0.4, -0.2) is 40.8 Å². The summed E-state index contributed by atoms with van der Waals surface area (Å²) >= 11 is 0. The minimum atomic E-state index is -4.68. The molecule has 10 heteroatoms. The van der Waals surface area contributed by atoms with Gasteiger partial charge in [-0.25, -0.2) is 4.79 Å². The van der Waals surface area contributed by atoms with Gasteiger partial charge in [-0.15, -0.1) is 10.2 Å². The highest BCUT2D eigenvalue weighted by Gasteiger charge is 2.39. The van der Waals surface area contributed by atoms with Gasteiger partial charge in [-0.1, -0.05) is 12.1 Å². The summed E-state index contributed by atoms with van der Waals surface area (Å²) in [7, 11) is 0. The molecule has 146 valence electrons. The zero-order valence-electron chi connectivity index (χ0n) is 14.6. The number of hydrogen-bond donors (Lipinski definition) is 1. The van der Waals surface area contributed by atoms with E-state index in [9.17, 15) is 18.0 Å². The Morgan fingerprint density at radius 1 is 1.37 bits per heavy atom. The number of hydrogen-bond acceptors (Lipinski definition) is 5. The number of amides is 2. The Bertz CT molecular complexity index is 794. The maximum absolute atomic E-state index is 12.6. The van der Waals surface area contributed by atoms with Crippen molar-refractivity contribution in [2.24, 2.45) is 0 Å². The lowest BCUT2D eigenvalue weighted by molar-refractivity contribution is -0.157. The number of urea groups is 1. The van der Waals surface area contributed by atoms with Crippen molar-refractivity contribution in [1.82, 2.24) is 15.1 Å². The number of carbonyl (C=O) groups excluding carboxylic acids is 1. The number of alkyl halides is 3. The Morgan fingerprint density at radius 3 is 2.85 bits per heavy atom. The first kappa shape index (κ1) is 19.0. The molecule has 2 aromatic rings. The van der Waals surface area contributed by atoms with Gasteiger partial charge in [0.05, 0.1) is 18.2 Å². The summed E-state index contributed by atoms with van der Waals surface area (Å²) in [6, 6.07) is 6.68. The van der Waals surface area contributed by atoms with E-state index in [1.807, 2.05) is 6.92 Å². The third-order valence-electron chi connectivity index (χ3n) is 4.17. The number of anilines is 1. The molecule has 0 radical (unpaired) electrons. The van der Waals surface area contributed by atoms with Gasteiger partial charge in [0.15, 0.2) is 0 Å². The van der Waals surface area contributed by atoms with Crippen LogP contribution in [0.3, 0.4) is 0 Å². The lowest BCUT2D eigenvalue weighted by atomic mass is 9.98. The van der Waals surface area contributed by atoms with Crippen molar-refractivity contribution in [3.63, 3.8) is 0 Å². The molecule has 27 heavy (non-hydrogen) atoms. The number of benzene rings is 1. The molecule has 1 saturated heterocycles. The maximum atomic E-state index is 12.6. The van der Waals surface area contributed by atoms with Gasteiger partial charge in [-0.05, 0) is 31.9 Å². The highest BCUT2D eigenvalue weighted by Crippen LogP contribution is 2.32. The summed E-state index contributed by atoms with van der Waals surface area (Å²) in [5.41, 5.74) is 0.531. The van der Waals surface area contributed by atoms with E-state index < -0.39 is 18.0 Å². The van der Waals surface area contributed by atoms with E-state index in [4.69, 9.17) is 9.15 Å². The fraction of sp³-hybridized carbons (Fsp3) is 0.471. The van der Waals surface area contributed by atoms with Crippen LogP contribution in [-0.2, 0) is 6.18 Å². The first-order valence-electron chi connectivity index (χ1n) is 8.57. The molecule has 1 aliphatic rings. The SMILES string of the molecule is CCOc1ccccc1NC(=O)N1CCCC(c2nnc(C(F)(F)F)o2)C1. The van der Waals surface area contributed by atoms with Gasteiger partial charge in [0, 0.05) is 13.1 Å². The van der Waals surface area contributed by atoms with E-state index in [1.54, 1.807) is 24.3 Å². The fourth-order valence-corrected chi connectivity index (χ4v) is 2.92. The van der Waals surface area contributed by atoms with Crippen molar-refractivity contribution in [2.45, 2.75) is 31.9 Å². The van der Waals surface area contributed by atoms with Crippen LogP contribution in [0.15, 0.2) is 28.7 Å². The highest BCUT2D eigenvalue weighted by atomic mass is 19.4. The van der Waals surface area contributed by atoms with Crippen LogP contribution in [0.1, 0.15) is 37.5 Å².